The summed E-state index contributed by atoms with van der Waals surface area (Å²) in [5.41, 5.74) is 1.31. The van der Waals surface area contributed by atoms with Gasteiger partial charge in [0, 0.05) is 23.7 Å². The summed E-state index contributed by atoms with van der Waals surface area (Å²) < 4.78 is 0. The summed E-state index contributed by atoms with van der Waals surface area (Å²) >= 11 is 0. The van der Waals surface area contributed by atoms with E-state index in [-0.39, 0.29) is 17.7 Å². The molecule has 1 aliphatic heterocycles. The Morgan fingerprint density at radius 1 is 1.08 bits per heavy atom. The number of carbonyl (C=O) groups is 2. The SMILES string of the molecule is O=C(NCC1CCCNC1)c1cccc(NC(=O)C2CCCCC2)c1. The van der Waals surface area contributed by atoms with Crippen molar-refractivity contribution in [3.8, 4) is 0 Å². The molecule has 1 saturated carbocycles. The summed E-state index contributed by atoms with van der Waals surface area (Å²) in [6, 6.07) is 7.25. The Morgan fingerprint density at radius 2 is 1.92 bits per heavy atom. The van der Waals surface area contributed by atoms with E-state index in [9.17, 15) is 9.59 Å². The molecule has 5 nitrogen and oxygen atoms in total. The second-order valence-corrected chi connectivity index (χ2v) is 7.33. The number of rotatable bonds is 5. The molecular weight excluding hydrogens is 314 g/mol. The third-order valence-electron chi connectivity index (χ3n) is 5.32. The molecule has 1 aromatic carbocycles. The Kier molecular flexibility index (Phi) is 6.45. The normalized spacial score (nSPS) is 21.5. The van der Waals surface area contributed by atoms with Crippen molar-refractivity contribution in [2.24, 2.45) is 11.8 Å². The number of nitrogens with one attached hydrogen (secondary N) is 3. The zero-order valence-corrected chi connectivity index (χ0v) is 14.9. The zero-order chi connectivity index (χ0) is 17.5. The monoisotopic (exact) mass is 343 g/mol. The molecule has 3 rings (SSSR count). The molecule has 2 fully saturated rings. The van der Waals surface area contributed by atoms with E-state index in [1.807, 2.05) is 12.1 Å². The molecule has 0 spiro atoms. The smallest absolute Gasteiger partial charge is 0.251 e. The molecule has 1 atom stereocenters. The van der Waals surface area contributed by atoms with Crippen molar-refractivity contribution in [2.75, 3.05) is 25.0 Å². The molecule has 1 saturated heterocycles. The van der Waals surface area contributed by atoms with Crippen molar-refractivity contribution >= 4 is 17.5 Å². The first-order valence-electron chi connectivity index (χ1n) is 9.62. The van der Waals surface area contributed by atoms with Crippen LogP contribution in [0.3, 0.4) is 0 Å². The lowest BCUT2D eigenvalue weighted by Gasteiger charge is -2.23. The minimum absolute atomic E-state index is 0.0701. The fourth-order valence-electron chi connectivity index (χ4n) is 3.78. The predicted octanol–water partition coefficient (Wildman–Crippen LogP) is 2.93. The van der Waals surface area contributed by atoms with Crippen LogP contribution in [0, 0.1) is 11.8 Å². The molecule has 136 valence electrons. The van der Waals surface area contributed by atoms with Gasteiger partial charge in [-0.2, -0.15) is 0 Å². The van der Waals surface area contributed by atoms with E-state index >= 15 is 0 Å². The van der Waals surface area contributed by atoms with Crippen molar-refractivity contribution < 1.29 is 9.59 Å². The van der Waals surface area contributed by atoms with Crippen LogP contribution in [0.5, 0.6) is 0 Å². The minimum atomic E-state index is -0.0701. The van der Waals surface area contributed by atoms with Gasteiger partial charge in [-0.15, -0.1) is 0 Å². The molecule has 0 radical (unpaired) electrons. The molecular formula is C20H29N3O2. The highest BCUT2D eigenvalue weighted by Gasteiger charge is 2.21. The highest BCUT2D eigenvalue weighted by Crippen LogP contribution is 2.25. The quantitative estimate of drug-likeness (QED) is 0.770. The van der Waals surface area contributed by atoms with E-state index < -0.39 is 0 Å². The Morgan fingerprint density at radius 3 is 2.68 bits per heavy atom. The first-order chi connectivity index (χ1) is 12.2. The van der Waals surface area contributed by atoms with Gasteiger partial charge in [-0.1, -0.05) is 25.3 Å². The molecule has 1 heterocycles. The summed E-state index contributed by atoms with van der Waals surface area (Å²) in [4.78, 5) is 24.7. The van der Waals surface area contributed by atoms with Gasteiger partial charge in [0.25, 0.3) is 5.91 Å². The summed E-state index contributed by atoms with van der Waals surface area (Å²) in [5, 5.41) is 9.37. The molecule has 2 amide bonds. The fraction of sp³-hybridized carbons (Fsp3) is 0.600. The van der Waals surface area contributed by atoms with Gasteiger partial charge in [0.1, 0.15) is 0 Å². The van der Waals surface area contributed by atoms with Gasteiger partial charge < -0.3 is 16.0 Å². The second kappa shape index (κ2) is 8.99. The van der Waals surface area contributed by atoms with Crippen LogP contribution in [-0.2, 0) is 4.79 Å². The van der Waals surface area contributed by atoms with Crippen molar-refractivity contribution in [2.45, 2.75) is 44.9 Å². The van der Waals surface area contributed by atoms with Gasteiger partial charge in [0.05, 0.1) is 0 Å². The predicted molar refractivity (Wildman–Crippen MR) is 99.6 cm³/mol. The molecule has 25 heavy (non-hydrogen) atoms. The van der Waals surface area contributed by atoms with Gasteiger partial charge in [-0.25, -0.2) is 0 Å². The molecule has 0 aromatic heterocycles. The van der Waals surface area contributed by atoms with Crippen LogP contribution >= 0.6 is 0 Å². The minimum Gasteiger partial charge on any atom is -0.352 e. The lowest BCUT2D eigenvalue weighted by molar-refractivity contribution is -0.120. The lowest BCUT2D eigenvalue weighted by Crippen LogP contribution is -2.38. The van der Waals surface area contributed by atoms with Crippen LogP contribution in [0.2, 0.25) is 0 Å². The lowest BCUT2D eigenvalue weighted by atomic mass is 9.88. The Balaban J connectivity index is 1.52. The van der Waals surface area contributed by atoms with E-state index in [2.05, 4.69) is 16.0 Å². The molecule has 3 N–H and O–H groups in total. The largest absolute Gasteiger partial charge is 0.352 e. The average Bonchev–Trinajstić information content (AvgIpc) is 2.68. The molecule has 0 bridgehead atoms. The van der Waals surface area contributed by atoms with Crippen LogP contribution in [0.1, 0.15) is 55.3 Å². The Labute approximate surface area is 150 Å². The maximum absolute atomic E-state index is 12.4. The zero-order valence-electron chi connectivity index (χ0n) is 14.9. The van der Waals surface area contributed by atoms with Crippen LogP contribution in [-0.4, -0.2) is 31.4 Å². The van der Waals surface area contributed by atoms with Crippen LogP contribution in [0.4, 0.5) is 5.69 Å². The van der Waals surface area contributed by atoms with Crippen molar-refractivity contribution in [1.29, 1.82) is 0 Å². The summed E-state index contributed by atoms with van der Waals surface area (Å²) in [6.07, 6.45) is 7.78. The van der Waals surface area contributed by atoms with Crippen LogP contribution in [0.15, 0.2) is 24.3 Å². The third-order valence-corrected chi connectivity index (χ3v) is 5.32. The number of piperidine rings is 1. The summed E-state index contributed by atoms with van der Waals surface area (Å²) in [5.74, 6) is 0.641. The first-order valence-corrected chi connectivity index (χ1v) is 9.62. The number of anilines is 1. The van der Waals surface area contributed by atoms with Crippen molar-refractivity contribution in [3.63, 3.8) is 0 Å². The maximum atomic E-state index is 12.4. The second-order valence-electron chi connectivity index (χ2n) is 7.33. The first kappa shape index (κ1) is 17.9. The molecule has 2 aliphatic rings. The highest BCUT2D eigenvalue weighted by atomic mass is 16.2. The number of amides is 2. The number of benzene rings is 1. The number of carbonyl (C=O) groups excluding carboxylic acids is 2. The average molecular weight is 343 g/mol. The standard InChI is InChI=1S/C20H29N3O2/c24-19(22-14-15-6-5-11-21-13-15)17-9-4-10-18(12-17)23-20(25)16-7-2-1-3-8-16/h4,9-10,12,15-16,21H,1-3,5-8,11,13-14H2,(H,22,24)(H,23,25). The van der Waals surface area contributed by atoms with Gasteiger partial charge in [-0.05, 0) is 62.9 Å². The molecule has 1 unspecified atom stereocenters. The topological polar surface area (TPSA) is 70.2 Å². The maximum Gasteiger partial charge on any atom is 0.251 e. The van der Waals surface area contributed by atoms with Gasteiger partial charge >= 0.3 is 0 Å². The molecule has 1 aliphatic carbocycles. The molecule has 5 heteroatoms. The number of hydrogen-bond donors (Lipinski definition) is 3. The number of hydrogen-bond acceptors (Lipinski definition) is 3. The van der Waals surface area contributed by atoms with Crippen LogP contribution in [0.25, 0.3) is 0 Å². The van der Waals surface area contributed by atoms with E-state index in [4.69, 9.17) is 0 Å². The third kappa shape index (κ3) is 5.30. The van der Waals surface area contributed by atoms with Gasteiger partial charge in [-0.3, -0.25) is 9.59 Å². The van der Waals surface area contributed by atoms with E-state index in [0.29, 0.717) is 23.7 Å². The van der Waals surface area contributed by atoms with Crippen molar-refractivity contribution in [3.05, 3.63) is 29.8 Å². The Bertz CT molecular complexity index is 590. The summed E-state index contributed by atoms with van der Waals surface area (Å²) in [7, 11) is 0. The van der Waals surface area contributed by atoms with E-state index in [1.165, 1.54) is 12.8 Å². The van der Waals surface area contributed by atoms with Gasteiger partial charge in [0.15, 0.2) is 0 Å². The highest BCUT2D eigenvalue weighted by molar-refractivity contribution is 5.97. The molecule has 1 aromatic rings. The van der Waals surface area contributed by atoms with E-state index in [0.717, 1.165) is 45.2 Å². The van der Waals surface area contributed by atoms with E-state index in [1.54, 1.807) is 12.1 Å². The summed E-state index contributed by atoms with van der Waals surface area (Å²) in [6.45, 7) is 2.75. The fourth-order valence-corrected chi connectivity index (χ4v) is 3.78. The Hall–Kier alpha value is -1.88. The van der Waals surface area contributed by atoms with Crippen LogP contribution < -0.4 is 16.0 Å². The van der Waals surface area contributed by atoms with Crippen molar-refractivity contribution in [1.82, 2.24) is 10.6 Å². The van der Waals surface area contributed by atoms with Gasteiger partial charge in [0.2, 0.25) is 5.91 Å².